The van der Waals surface area contributed by atoms with Gasteiger partial charge in [-0.25, -0.2) is 0 Å². The molecule has 7 heteroatoms. The van der Waals surface area contributed by atoms with Gasteiger partial charge >= 0.3 is 0 Å². The van der Waals surface area contributed by atoms with Crippen molar-refractivity contribution in [3.63, 3.8) is 0 Å². The second kappa shape index (κ2) is 11.0. The number of amides is 2. The number of carbonyl (C=O) groups is 2. The largest absolute Gasteiger partial charge is 0.494 e. The van der Waals surface area contributed by atoms with E-state index in [2.05, 4.69) is 10.2 Å². The van der Waals surface area contributed by atoms with Crippen LogP contribution in [0.15, 0.2) is 60.7 Å². The molecule has 1 aliphatic rings. The number of fused-ring (bicyclic) bond motifs is 1. The molecule has 178 valence electrons. The molecule has 0 radical (unpaired) electrons. The van der Waals surface area contributed by atoms with Crippen LogP contribution < -0.4 is 14.8 Å². The smallest absolute Gasteiger partial charge is 0.254 e. The second-order valence-electron chi connectivity index (χ2n) is 8.17. The van der Waals surface area contributed by atoms with Crippen molar-refractivity contribution < 1.29 is 19.1 Å². The predicted molar refractivity (Wildman–Crippen MR) is 134 cm³/mol. The number of rotatable bonds is 8. The minimum Gasteiger partial charge on any atom is -0.494 e. The minimum atomic E-state index is -0.122. The van der Waals surface area contributed by atoms with Crippen molar-refractivity contribution in [2.75, 3.05) is 51.3 Å². The van der Waals surface area contributed by atoms with Crippen molar-refractivity contribution in [3.05, 3.63) is 66.2 Å². The third-order valence-electron chi connectivity index (χ3n) is 5.88. The van der Waals surface area contributed by atoms with E-state index in [1.807, 2.05) is 73.3 Å². The molecule has 34 heavy (non-hydrogen) atoms. The quantitative estimate of drug-likeness (QED) is 0.548. The van der Waals surface area contributed by atoms with E-state index in [0.29, 0.717) is 56.6 Å². The number of carbonyl (C=O) groups excluding carboxylic acids is 2. The molecule has 0 saturated carbocycles. The average molecular weight is 462 g/mol. The van der Waals surface area contributed by atoms with Crippen LogP contribution in [0.2, 0.25) is 0 Å². The van der Waals surface area contributed by atoms with Gasteiger partial charge < -0.3 is 19.7 Å². The summed E-state index contributed by atoms with van der Waals surface area (Å²) in [5.41, 5.74) is 1.32. The summed E-state index contributed by atoms with van der Waals surface area (Å²) in [4.78, 5) is 29.9. The summed E-state index contributed by atoms with van der Waals surface area (Å²) in [6.07, 6.45) is 0. The Morgan fingerprint density at radius 3 is 2.38 bits per heavy atom. The number of benzene rings is 3. The van der Waals surface area contributed by atoms with Crippen LogP contribution in [-0.2, 0) is 4.79 Å². The van der Waals surface area contributed by atoms with Gasteiger partial charge in [0.2, 0.25) is 5.91 Å². The first-order chi connectivity index (χ1) is 16.6. The summed E-state index contributed by atoms with van der Waals surface area (Å²) >= 11 is 0. The first-order valence-electron chi connectivity index (χ1n) is 11.8. The number of hydrogen-bond donors (Lipinski definition) is 1. The Morgan fingerprint density at radius 1 is 0.882 bits per heavy atom. The molecule has 3 aromatic carbocycles. The monoisotopic (exact) mass is 461 g/mol. The molecule has 4 rings (SSSR count). The third kappa shape index (κ3) is 5.48. The molecule has 1 saturated heterocycles. The first kappa shape index (κ1) is 23.6. The molecular weight excluding hydrogens is 430 g/mol. The van der Waals surface area contributed by atoms with Gasteiger partial charge in [0, 0.05) is 37.8 Å². The van der Waals surface area contributed by atoms with Gasteiger partial charge in [-0.05, 0) is 42.8 Å². The van der Waals surface area contributed by atoms with Crippen LogP contribution in [0.5, 0.6) is 11.5 Å². The zero-order chi connectivity index (χ0) is 23.9. The predicted octanol–water partition coefficient (Wildman–Crippen LogP) is 4.03. The number of piperazine rings is 1. The molecule has 1 heterocycles. The molecule has 3 aromatic rings. The number of nitrogens with one attached hydrogen (secondary N) is 1. The summed E-state index contributed by atoms with van der Waals surface area (Å²) in [5.74, 6) is 1.21. The van der Waals surface area contributed by atoms with Crippen LogP contribution in [0, 0.1) is 0 Å². The number of nitrogens with zero attached hydrogens (tertiary/aromatic N) is 2. The molecule has 0 aromatic heterocycles. The summed E-state index contributed by atoms with van der Waals surface area (Å²) in [6.45, 7) is 7.56. The SMILES string of the molecule is CCOc1ccc(OCC)c(NC(=O)CN2CCN(C(=O)c3cccc4ccccc34)CC2)c1. The van der Waals surface area contributed by atoms with Gasteiger partial charge in [0.05, 0.1) is 25.4 Å². The minimum absolute atomic E-state index is 0.0370. The Hall–Kier alpha value is -3.58. The lowest BCUT2D eigenvalue weighted by molar-refractivity contribution is -0.117. The zero-order valence-electron chi connectivity index (χ0n) is 19.8. The number of ether oxygens (including phenoxy) is 2. The third-order valence-corrected chi connectivity index (χ3v) is 5.88. The lowest BCUT2D eigenvalue weighted by atomic mass is 10.0. The summed E-state index contributed by atoms with van der Waals surface area (Å²) in [6, 6.07) is 19.2. The molecule has 7 nitrogen and oxygen atoms in total. The van der Waals surface area contributed by atoms with Crippen LogP contribution in [0.1, 0.15) is 24.2 Å². The second-order valence-corrected chi connectivity index (χ2v) is 8.17. The summed E-state index contributed by atoms with van der Waals surface area (Å²) < 4.78 is 11.2. The van der Waals surface area contributed by atoms with Gasteiger partial charge in [-0.3, -0.25) is 14.5 Å². The Kier molecular flexibility index (Phi) is 7.65. The van der Waals surface area contributed by atoms with E-state index < -0.39 is 0 Å². The molecule has 0 aliphatic carbocycles. The molecular formula is C27H31N3O4. The van der Waals surface area contributed by atoms with E-state index >= 15 is 0 Å². The Balaban J connectivity index is 1.35. The van der Waals surface area contributed by atoms with Crippen molar-refractivity contribution in [2.45, 2.75) is 13.8 Å². The molecule has 1 fully saturated rings. The van der Waals surface area contributed by atoms with E-state index in [0.717, 1.165) is 16.3 Å². The van der Waals surface area contributed by atoms with Crippen molar-refractivity contribution >= 4 is 28.3 Å². The normalized spacial score (nSPS) is 14.1. The number of hydrogen-bond acceptors (Lipinski definition) is 5. The van der Waals surface area contributed by atoms with Crippen molar-refractivity contribution in [1.82, 2.24) is 9.80 Å². The topological polar surface area (TPSA) is 71.1 Å². The lowest BCUT2D eigenvalue weighted by Gasteiger charge is -2.34. The molecule has 0 unspecified atom stereocenters. The van der Waals surface area contributed by atoms with Crippen molar-refractivity contribution in [3.8, 4) is 11.5 Å². The van der Waals surface area contributed by atoms with Gasteiger partial charge in [-0.1, -0.05) is 36.4 Å². The van der Waals surface area contributed by atoms with Crippen LogP contribution in [0.25, 0.3) is 10.8 Å². The van der Waals surface area contributed by atoms with Crippen molar-refractivity contribution in [2.24, 2.45) is 0 Å². The van der Waals surface area contributed by atoms with E-state index in [1.54, 1.807) is 6.07 Å². The number of anilines is 1. The fraction of sp³-hybridized carbons (Fsp3) is 0.333. The van der Waals surface area contributed by atoms with Crippen LogP contribution in [0.4, 0.5) is 5.69 Å². The van der Waals surface area contributed by atoms with Gasteiger partial charge in [0.25, 0.3) is 5.91 Å². The highest BCUT2D eigenvalue weighted by molar-refractivity contribution is 6.07. The van der Waals surface area contributed by atoms with Gasteiger partial charge in [-0.2, -0.15) is 0 Å². The molecule has 0 bridgehead atoms. The summed E-state index contributed by atoms with van der Waals surface area (Å²) in [7, 11) is 0. The fourth-order valence-corrected chi connectivity index (χ4v) is 4.23. The zero-order valence-corrected chi connectivity index (χ0v) is 19.8. The van der Waals surface area contributed by atoms with Crippen LogP contribution in [-0.4, -0.2) is 67.6 Å². The molecule has 0 atom stereocenters. The van der Waals surface area contributed by atoms with Gasteiger partial charge in [0.15, 0.2) is 0 Å². The maximum Gasteiger partial charge on any atom is 0.254 e. The standard InChI is InChI=1S/C27H31N3O4/c1-3-33-21-12-13-25(34-4-2)24(18-21)28-26(31)19-29-14-16-30(17-15-29)27(32)23-11-7-9-20-8-5-6-10-22(20)23/h5-13,18H,3-4,14-17,19H2,1-2H3,(H,28,31). The molecule has 1 N–H and O–H groups in total. The van der Waals surface area contributed by atoms with Gasteiger partial charge in [0.1, 0.15) is 11.5 Å². The average Bonchev–Trinajstić information content (AvgIpc) is 2.85. The van der Waals surface area contributed by atoms with E-state index in [4.69, 9.17) is 9.47 Å². The highest BCUT2D eigenvalue weighted by Gasteiger charge is 2.24. The highest BCUT2D eigenvalue weighted by Crippen LogP contribution is 2.29. The first-order valence-corrected chi connectivity index (χ1v) is 11.8. The van der Waals surface area contributed by atoms with Crippen LogP contribution in [0.3, 0.4) is 0 Å². The van der Waals surface area contributed by atoms with Crippen LogP contribution >= 0.6 is 0 Å². The van der Waals surface area contributed by atoms with E-state index in [-0.39, 0.29) is 18.4 Å². The Labute approximate surface area is 200 Å². The Morgan fingerprint density at radius 2 is 1.62 bits per heavy atom. The molecule has 1 aliphatic heterocycles. The molecule has 0 spiro atoms. The van der Waals surface area contributed by atoms with Crippen molar-refractivity contribution in [1.29, 1.82) is 0 Å². The van der Waals surface area contributed by atoms with Gasteiger partial charge in [-0.15, -0.1) is 0 Å². The van der Waals surface area contributed by atoms with E-state index in [9.17, 15) is 9.59 Å². The lowest BCUT2D eigenvalue weighted by Crippen LogP contribution is -2.50. The molecule has 2 amide bonds. The summed E-state index contributed by atoms with van der Waals surface area (Å²) in [5, 5.41) is 4.98. The maximum absolute atomic E-state index is 13.2. The maximum atomic E-state index is 13.2. The van der Waals surface area contributed by atoms with E-state index in [1.165, 1.54) is 0 Å². The fourth-order valence-electron chi connectivity index (χ4n) is 4.23. The highest BCUT2D eigenvalue weighted by atomic mass is 16.5. The Bertz CT molecular complexity index is 1150.